The molecule has 8 rings (SSSR count). The highest BCUT2D eigenvalue weighted by atomic mass is 35.5. The van der Waals surface area contributed by atoms with Crippen LogP contribution in [0, 0.1) is 30.6 Å². The van der Waals surface area contributed by atoms with Crippen LogP contribution >= 0.6 is 23.2 Å². The summed E-state index contributed by atoms with van der Waals surface area (Å²) in [5.41, 5.74) is 1.81. The standard InChI is InChI=1S/C40H32Cl2N2O6/c1-21-11-12-25(18-32(21)42)43-36(46)29-16-15-27-30(34(29)38(43)48)20-31-37(47)44(24-10-6-9-23(41)17-24)39(49)40(31,22-7-4-3-5-8-22)35(27)28-14-13-26(50-2)19-33(28)45/h3-15,17-19,29-31,34-35,45H,16,20H2,1-2H3. The molecule has 6 unspecified atom stereocenters. The van der Waals surface area contributed by atoms with Crippen molar-refractivity contribution in [2.24, 2.45) is 23.7 Å². The number of methoxy groups -OCH3 is 1. The van der Waals surface area contributed by atoms with Gasteiger partial charge in [-0.15, -0.1) is 0 Å². The fraction of sp³-hybridized carbons (Fsp3) is 0.250. The summed E-state index contributed by atoms with van der Waals surface area (Å²) < 4.78 is 5.40. The molecule has 2 heterocycles. The average Bonchev–Trinajstić information content (AvgIpc) is 3.50. The lowest BCUT2D eigenvalue weighted by Gasteiger charge is -2.50. The number of ether oxygens (including phenoxy) is 1. The second kappa shape index (κ2) is 11.9. The molecule has 6 atom stereocenters. The first-order chi connectivity index (χ1) is 24.1. The van der Waals surface area contributed by atoms with E-state index < -0.39 is 46.8 Å². The normalized spacial score (nSPS) is 27.2. The number of carbonyl (C=O) groups excluding carboxylic acids is 4. The summed E-state index contributed by atoms with van der Waals surface area (Å²) >= 11 is 12.8. The lowest BCUT2D eigenvalue weighted by atomic mass is 9.49. The zero-order valence-electron chi connectivity index (χ0n) is 27.2. The molecule has 8 nitrogen and oxygen atoms in total. The van der Waals surface area contributed by atoms with Crippen molar-refractivity contribution in [3.05, 3.63) is 129 Å². The van der Waals surface area contributed by atoms with Crippen LogP contribution in [0.15, 0.2) is 103 Å². The van der Waals surface area contributed by atoms with Crippen LogP contribution in [0.3, 0.4) is 0 Å². The van der Waals surface area contributed by atoms with Crippen molar-refractivity contribution >= 4 is 58.2 Å². The topological polar surface area (TPSA) is 104 Å². The molecule has 50 heavy (non-hydrogen) atoms. The molecule has 4 aliphatic rings. The van der Waals surface area contributed by atoms with E-state index in [0.29, 0.717) is 38.3 Å². The fourth-order valence-corrected chi connectivity index (χ4v) is 9.32. The van der Waals surface area contributed by atoms with Crippen LogP contribution in [0.4, 0.5) is 11.4 Å². The summed E-state index contributed by atoms with van der Waals surface area (Å²) in [7, 11) is 1.49. The molecule has 2 aliphatic heterocycles. The number of amides is 4. The summed E-state index contributed by atoms with van der Waals surface area (Å²) in [4.78, 5) is 61.1. The molecule has 2 aliphatic carbocycles. The van der Waals surface area contributed by atoms with Crippen molar-refractivity contribution in [2.45, 2.75) is 31.1 Å². The largest absolute Gasteiger partial charge is 0.508 e. The Morgan fingerprint density at radius 1 is 0.800 bits per heavy atom. The number of allylic oxidation sites excluding steroid dienone is 2. The van der Waals surface area contributed by atoms with Crippen LogP contribution in [-0.4, -0.2) is 35.8 Å². The van der Waals surface area contributed by atoms with Gasteiger partial charge >= 0.3 is 0 Å². The van der Waals surface area contributed by atoms with E-state index in [9.17, 15) is 19.5 Å². The second-order valence-corrected chi connectivity index (χ2v) is 14.3. The Hall–Kier alpha value is -4.92. The predicted molar refractivity (Wildman–Crippen MR) is 189 cm³/mol. The summed E-state index contributed by atoms with van der Waals surface area (Å²) in [6.45, 7) is 1.85. The van der Waals surface area contributed by atoms with Gasteiger partial charge in [0.25, 0.3) is 0 Å². The first kappa shape index (κ1) is 32.3. The van der Waals surface area contributed by atoms with Gasteiger partial charge in [0.1, 0.15) is 11.5 Å². The number of rotatable bonds is 5. The number of hydrogen-bond donors (Lipinski definition) is 1. The predicted octanol–water partition coefficient (Wildman–Crippen LogP) is 7.38. The Bertz CT molecular complexity index is 2150. The zero-order chi connectivity index (χ0) is 35.1. The Kier molecular flexibility index (Phi) is 7.66. The van der Waals surface area contributed by atoms with E-state index in [1.165, 1.54) is 23.0 Å². The summed E-state index contributed by atoms with van der Waals surface area (Å²) in [5, 5.41) is 12.5. The monoisotopic (exact) mass is 706 g/mol. The molecule has 4 amide bonds. The molecule has 0 aromatic heterocycles. The number of hydrogen-bond acceptors (Lipinski definition) is 6. The number of fused-ring (bicyclic) bond motifs is 4. The molecule has 0 radical (unpaired) electrons. The van der Waals surface area contributed by atoms with E-state index in [-0.39, 0.29) is 30.4 Å². The minimum atomic E-state index is -1.50. The number of aromatic hydroxyl groups is 1. The van der Waals surface area contributed by atoms with Gasteiger partial charge in [0.15, 0.2) is 0 Å². The molecule has 1 saturated carbocycles. The van der Waals surface area contributed by atoms with E-state index in [1.54, 1.807) is 54.6 Å². The molecular weight excluding hydrogens is 675 g/mol. The molecule has 2 saturated heterocycles. The number of carbonyl (C=O) groups is 4. The van der Waals surface area contributed by atoms with Gasteiger partial charge in [0.05, 0.1) is 41.7 Å². The highest BCUT2D eigenvalue weighted by molar-refractivity contribution is 6.33. The maximum Gasteiger partial charge on any atom is 0.246 e. The number of nitrogens with zero attached hydrogens (tertiary/aromatic N) is 2. The van der Waals surface area contributed by atoms with Crippen LogP contribution in [0.1, 0.15) is 35.4 Å². The Morgan fingerprint density at radius 3 is 2.26 bits per heavy atom. The maximum absolute atomic E-state index is 15.3. The van der Waals surface area contributed by atoms with Crippen LogP contribution in [0.5, 0.6) is 11.5 Å². The van der Waals surface area contributed by atoms with Crippen LogP contribution in [-0.2, 0) is 24.6 Å². The van der Waals surface area contributed by atoms with E-state index in [2.05, 4.69) is 0 Å². The summed E-state index contributed by atoms with van der Waals surface area (Å²) in [5.74, 6) is -5.13. The lowest BCUT2D eigenvalue weighted by Crippen LogP contribution is -2.53. The van der Waals surface area contributed by atoms with Gasteiger partial charge in [0.2, 0.25) is 23.6 Å². The average molecular weight is 708 g/mol. The van der Waals surface area contributed by atoms with Crippen LogP contribution < -0.4 is 14.5 Å². The summed E-state index contributed by atoms with van der Waals surface area (Å²) in [6, 6.07) is 25.8. The highest BCUT2D eigenvalue weighted by Gasteiger charge is 2.70. The fourth-order valence-electron chi connectivity index (χ4n) is 8.96. The lowest BCUT2D eigenvalue weighted by molar-refractivity contribution is -0.127. The number of phenols is 1. The third-order valence-corrected chi connectivity index (χ3v) is 11.8. The third kappa shape index (κ3) is 4.51. The van der Waals surface area contributed by atoms with E-state index in [4.69, 9.17) is 27.9 Å². The Balaban J connectivity index is 1.35. The molecule has 3 fully saturated rings. The number of anilines is 2. The van der Waals surface area contributed by atoms with Gasteiger partial charge in [-0.25, -0.2) is 9.80 Å². The van der Waals surface area contributed by atoms with Gasteiger partial charge in [0, 0.05) is 27.6 Å². The number of phenolic OH excluding ortho intramolecular Hbond substituents is 1. The second-order valence-electron chi connectivity index (χ2n) is 13.5. The Morgan fingerprint density at radius 2 is 1.56 bits per heavy atom. The highest BCUT2D eigenvalue weighted by Crippen LogP contribution is 2.65. The molecule has 0 bridgehead atoms. The van der Waals surface area contributed by atoms with E-state index >= 15 is 4.79 Å². The first-order valence-electron chi connectivity index (χ1n) is 16.5. The molecular formula is C40H32Cl2N2O6. The molecule has 4 aromatic carbocycles. The van der Waals surface area contributed by atoms with E-state index in [1.807, 2.05) is 43.3 Å². The molecule has 1 N–H and O–H groups in total. The minimum Gasteiger partial charge on any atom is -0.508 e. The van der Waals surface area contributed by atoms with Gasteiger partial charge in [-0.3, -0.25) is 19.2 Å². The van der Waals surface area contributed by atoms with Gasteiger partial charge in [-0.2, -0.15) is 0 Å². The molecule has 0 spiro atoms. The molecule has 10 heteroatoms. The van der Waals surface area contributed by atoms with Crippen molar-refractivity contribution in [3.63, 3.8) is 0 Å². The number of aryl methyl sites for hydroxylation is 1. The maximum atomic E-state index is 15.3. The van der Waals surface area contributed by atoms with Crippen molar-refractivity contribution in [3.8, 4) is 11.5 Å². The quantitative estimate of drug-likeness (QED) is 0.172. The number of benzene rings is 4. The van der Waals surface area contributed by atoms with Crippen molar-refractivity contribution in [1.29, 1.82) is 0 Å². The SMILES string of the molecule is COc1ccc(C2C3=CCC4C(=O)N(c5ccc(C)c(Cl)c5)C(=O)C4C3CC3C(=O)N(c4cccc(Cl)c4)C(=O)C32c2ccccc2)c(O)c1. The molecule has 252 valence electrons. The zero-order valence-corrected chi connectivity index (χ0v) is 28.7. The third-order valence-electron chi connectivity index (χ3n) is 11.1. The van der Waals surface area contributed by atoms with Gasteiger partial charge in [-0.05, 0) is 73.2 Å². The van der Waals surface area contributed by atoms with Crippen molar-refractivity contribution in [2.75, 3.05) is 16.9 Å². The first-order valence-corrected chi connectivity index (χ1v) is 17.2. The van der Waals surface area contributed by atoms with Crippen LogP contribution in [0.25, 0.3) is 0 Å². The van der Waals surface area contributed by atoms with Gasteiger partial charge in [-0.1, -0.05) is 83.4 Å². The van der Waals surface area contributed by atoms with Crippen molar-refractivity contribution in [1.82, 2.24) is 0 Å². The van der Waals surface area contributed by atoms with E-state index in [0.717, 1.165) is 11.1 Å². The van der Waals surface area contributed by atoms with Crippen molar-refractivity contribution < 1.29 is 29.0 Å². The summed E-state index contributed by atoms with van der Waals surface area (Å²) in [6.07, 6.45) is 2.34. The molecule has 4 aromatic rings. The van der Waals surface area contributed by atoms with Gasteiger partial charge < -0.3 is 9.84 Å². The number of imide groups is 2. The smallest absolute Gasteiger partial charge is 0.246 e. The minimum absolute atomic E-state index is 0.113. The van der Waals surface area contributed by atoms with Crippen LogP contribution in [0.2, 0.25) is 10.0 Å². The Labute approximate surface area is 298 Å². The number of halogens is 2.